The fraction of sp³-hybridized carbons (Fsp3) is 0.333. The third-order valence-electron chi connectivity index (χ3n) is 2.65. The molecule has 0 amide bonds. The van der Waals surface area contributed by atoms with Gasteiger partial charge < -0.3 is 9.15 Å². The molecule has 1 heterocycles. The Morgan fingerprint density at radius 2 is 1.95 bits per heavy atom. The lowest BCUT2D eigenvalue weighted by molar-refractivity contribution is 0.0461. The van der Waals surface area contributed by atoms with Gasteiger partial charge in [-0.3, -0.25) is 0 Å². The minimum atomic E-state index is -0.456. The zero-order valence-electron chi connectivity index (χ0n) is 11.3. The summed E-state index contributed by atoms with van der Waals surface area (Å²) in [4.78, 5) is 16.0. The van der Waals surface area contributed by atoms with Gasteiger partial charge >= 0.3 is 5.97 Å². The van der Waals surface area contributed by atoms with E-state index in [-0.39, 0.29) is 17.7 Å². The third kappa shape index (κ3) is 3.22. The highest BCUT2D eigenvalue weighted by atomic mass is 16.5. The molecule has 1 aromatic carbocycles. The molecule has 0 spiro atoms. The van der Waals surface area contributed by atoms with Gasteiger partial charge in [-0.25, -0.2) is 9.78 Å². The molecule has 2 rings (SSSR count). The van der Waals surface area contributed by atoms with E-state index in [4.69, 9.17) is 9.15 Å². The summed E-state index contributed by atoms with van der Waals surface area (Å²) in [6.45, 7) is 6.11. The van der Waals surface area contributed by atoms with E-state index in [1.165, 1.54) is 6.39 Å². The van der Waals surface area contributed by atoms with Crippen LogP contribution in [0.5, 0.6) is 0 Å². The Kier molecular flexibility index (Phi) is 3.69. The Bertz CT molecular complexity index is 552. The smallest absolute Gasteiger partial charge is 0.360 e. The molecule has 0 bridgehead atoms. The molecule has 0 fully saturated rings. The number of hydrogen-bond acceptors (Lipinski definition) is 4. The van der Waals surface area contributed by atoms with E-state index in [1.54, 1.807) is 0 Å². The molecule has 4 nitrogen and oxygen atoms in total. The van der Waals surface area contributed by atoms with Crippen molar-refractivity contribution in [1.29, 1.82) is 0 Å². The van der Waals surface area contributed by atoms with Crippen molar-refractivity contribution in [3.8, 4) is 0 Å². The van der Waals surface area contributed by atoms with E-state index >= 15 is 0 Å². The SMILES string of the molecule is CC(C)(C)c1ocnc1C(=O)OCc1ccccc1. The summed E-state index contributed by atoms with van der Waals surface area (Å²) in [7, 11) is 0. The average molecular weight is 259 g/mol. The lowest BCUT2D eigenvalue weighted by atomic mass is 9.92. The molecule has 2 aromatic rings. The monoisotopic (exact) mass is 259 g/mol. The first-order chi connectivity index (χ1) is 8.98. The highest BCUT2D eigenvalue weighted by Gasteiger charge is 2.27. The Balaban J connectivity index is 2.07. The maximum absolute atomic E-state index is 12.0. The van der Waals surface area contributed by atoms with Gasteiger partial charge in [-0.1, -0.05) is 51.1 Å². The molecule has 0 aliphatic carbocycles. The first kappa shape index (κ1) is 13.3. The predicted octanol–water partition coefficient (Wildman–Crippen LogP) is 3.33. The van der Waals surface area contributed by atoms with E-state index in [0.29, 0.717) is 5.76 Å². The number of benzene rings is 1. The fourth-order valence-electron chi connectivity index (χ4n) is 1.72. The Morgan fingerprint density at radius 3 is 2.58 bits per heavy atom. The second-order valence-electron chi connectivity index (χ2n) is 5.34. The highest BCUT2D eigenvalue weighted by Crippen LogP contribution is 2.25. The molecule has 0 aliphatic rings. The number of carbonyl (C=O) groups excluding carboxylic acids is 1. The lowest BCUT2D eigenvalue weighted by Crippen LogP contribution is -2.17. The topological polar surface area (TPSA) is 52.3 Å². The maximum atomic E-state index is 12.0. The van der Waals surface area contributed by atoms with E-state index < -0.39 is 5.97 Å². The van der Waals surface area contributed by atoms with Crippen LogP contribution in [0.2, 0.25) is 0 Å². The van der Waals surface area contributed by atoms with Gasteiger partial charge in [-0.05, 0) is 5.56 Å². The van der Waals surface area contributed by atoms with Crippen molar-refractivity contribution in [1.82, 2.24) is 4.98 Å². The molecule has 19 heavy (non-hydrogen) atoms. The molecule has 0 N–H and O–H groups in total. The number of ether oxygens (including phenoxy) is 1. The number of aromatic nitrogens is 1. The molecular weight excluding hydrogens is 242 g/mol. The van der Waals surface area contributed by atoms with Crippen LogP contribution in [0.3, 0.4) is 0 Å². The van der Waals surface area contributed by atoms with E-state index in [0.717, 1.165) is 5.56 Å². The van der Waals surface area contributed by atoms with E-state index in [2.05, 4.69) is 4.98 Å². The standard InChI is InChI=1S/C15H17NO3/c1-15(2,3)13-12(16-10-19-13)14(17)18-9-11-7-5-4-6-8-11/h4-8,10H,9H2,1-3H3. The predicted molar refractivity (Wildman–Crippen MR) is 70.8 cm³/mol. The molecule has 0 aliphatic heterocycles. The molecule has 0 saturated heterocycles. The number of esters is 1. The molecule has 4 heteroatoms. The largest absolute Gasteiger partial charge is 0.456 e. The Hall–Kier alpha value is -2.10. The van der Waals surface area contributed by atoms with Gasteiger partial charge in [-0.2, -0.15) is 0 Å². The van der Waals surface area contributed by atoms with Gasteiger partial charge in [0.25, 0.3) is 0 Å². The van der Waals surface area contributed by atoms with Gasteiger partial charge in [0.2, 0.25) is 0 Å². The number of rotatable bonds is 3. The molecule has 0 radical (unpaired) electrons. The summed E-state index contributed by atoms with van der Waals surface area (Å²) >= 11 is 0. The fourth-order valence-corrected chi connectivity index (χ4v) is 1.72. The lowest BCUT2D eigenvalue weighted by Gasteiger charge is -2.15. The quantitative estimate of drug-likeness (QED) is 0.793. The maximum Gasteiger partial charge on any atom is 0.360 e. The molecule has 0 saturated carbocycles. The normalized spacial score (nSPS) is 11.3. The zero-order chi connectivity index (χ0) is 13.9. The van der Waals surface area contributed by atoms with Crippen LogP contribution in [0.1, 0.15) is 42.6 Å². The van der Waals surface area contributed by atoms with Crippen molar-refractivity contribution in [3.63, 3.8) is 0 Å². The summed E-state index contributed by atoms with van der Waals surface area (Å²) in [5, 5.41) is 0. The van der Waals surface area contributed by atoms with Crippen molar-refractivity contribution in [2.45, 2.75) is 32.8 Å². The molecule has 1 aromatic heterocycles. The third-order valence-corrected chi connectivity index (χ3v) is 2.65. The van der Waals surface area contributed by atoms with E-state index in [1.807, 2.05) is 51.1 Å². The van der Waals surface area contributed by atoms with Crippen LogP contribution < -0.4 is 0 Å². The van der Waals surface area contributed by atoms with Gasteiger partial charge in [-0.15, -0.1) is 0 Å². The van der Waals surface area contributed by atoms with Crippen molar-refractivity contribution in [2.75, 3.05) is 0 Å². The summed E-state index contributed by atoms with van der Waals surface area (Å²) in [5.41, 5.74) is 0.914. The molecule has 100 valence electrons. The van der Waals surface area contributed by atoms with Crippen LogP contribution in [0.25, 0.3) is 0 Å². The number of carbonyl (C=O) groups is 1. The number of hydrogen-bond donors (Lipinski definition) is 0. The summed E-state index contributed by atoms with van der Waals surface area (Å²) < 4.78 is 10.5. The van der Waals surface area contributed by atoms with Crippen LogP contribution >= 0.6 is 0 Å². The van der Waals surface area contributed by atoms with Gasteiger partial charge in [0.15, 0.2) is 12.1 Å². The first-order valence-electron chi connectivity index (χ1n) is 6.13. The average Bonchev–Trinajstić information content (AvgIpc) is 2.86. The van der Waals surface area contributed by atoms with Gasteiger partial charge in [0, 0.05) is 5.41 Å². The Morgan fingerprint density at radius 1 is 1.26 bits per heavy atom. The minimum Gasteiger partial charge on any atom is -0.456 e. The Labute approximate surface area is 112 Å². The van der Waals surface area contributed by atoms with Gasteiger partial charge in [0.1, 0.15) is 12.4 Å². The second kappa shape index (κ2) is 5.26. The van der Waals surface area contributed by atoms with Crippen molar-refractivity contribution in [2.24, 2.45) is 0 Å². The second-order valence-corrected chi connectivity index (χ2v) is 5.34. The zero-order valence-corrected chi connectivity index (χ0v) is 11.3. The van der Waals surface area contributed by atoms with Crippen molar-refractivity contribution in [3.05, 3.63) is 53.7 Å². The summed E-state index contributed by atoms with van der Waals surface area (Å²) in [6.07, 6.45) is 1.28. The van der Waals surface area contributed by atoms with Crippen molar-refractivity contribution >= 4 is 5.97 Å². The minimum absolute atomic E-state index is 0.232. The molecule has 0 atom stereocenters. The number of nitrogens with zero attached hydrogens (tertiary/aromatic N) is 1. The molecular formula is C15H17NO3. The van der Waals surface area contributed by atoms with Gasteiger partial charge in [0.05, 0.1) is 0 Å². The van der Waals surface area contributed by atoms with E-state index in [9.17, 15) is 4.79 Å². The number of oxazole rings is 1. The highest BCUT2D eigenvalue weighted by molar-refractivity contribution is 5.88. The van der Waals surface area contributed by atoms with Crippen LogP contribution in [-0.4, -0.2) is 11.0 Å². The van der Waals surface area contributed by atoms with Crippen LogP contribution in [-0.2, 0) is 16.8 Å². The van der Waals surface area contributed by atoms with Crippen LogP contribution in [0.15, 0.2) is 41.1 Å². The first-order valence-corrected chi connectivity index (χ1v) is 6.13. The van der Waals surface area contributed by atoms with Crippen LogP contribution in [0.4, 0.5) is 0 Å². The molecule has 0 unspecified atom stereocenters. The van der Waals surface area contributed by atoms with Crippen molar-refractivity contribution < 1.29 is 13.9 Å². The van der Waals surface area contributed by atoms with Crippen LogP contribution in [0, 0.1) is 0 Å². The summed E-state index contributed by atoms with van der Waals surface area (Å²) in [6, 6.07) is 9.53. The summed E-state index contributed by atoms with van der Waals surface area (Å²) in [5.74, 6) is 0.0908.